The number of hydrogen-bond acceptors (Lipinski definition) is 3. The minimum Gasteiger partial charge on any atom is -0.481 e. The molecule has 0 radical (unpaired) electrons. The Balaban J connectivity index is 1.90. The summed E-state index contributed by atoms with van der Waals surface area (Å²) in [7, 11) is -3.26. The zero-order valence-corrected chi connectivity index (χ0v) is 11.3. The molecule has 5 nitrogen and oxygen atoms in total. The van der Waals surface area contributed by atoms with Crippen LogP contribution < -0.4 is 4.72 Å². The number of nitrogens with one attached hydrogen (secondary N) is 1. The molecule has 0 aromatic rings. The fourth-order valence-electron chi connectivity index (χ4n) is 3.02. The Morgan fingerprint density at radius 2 is 1.72 bits per heavy atom. The number of carbonyl (C=O) groups is 1. The van der Waals surface area contributed by atoms with Crippen molar-refractivity contribution in [2.75, 3.05) is 0 Å². The predicted octanol–water partition coefficient (Wildman–Crippen LogP) is 1.49. The molecule has 0 aliphatic heterocycles. The lowest BCUT2D eigenvalue weighted by atomic mass is 10.0. The van der Waals surface area contributed by atoms with Crippen LogP contribution in [0.4, 0.5) is 0 Å². The highest BCUT2D eigenvalue weighted by Gasteiger charge is 2.35. The number of aliphatic carboxylic acids is 1. The van der Waals surface area contributed by atoms with E-state index in [1.165, 1.54) is 0 Å². The molecule has 6 heteroatoms. The van der Waals surface area contributed by atoms with E-state index in [1.807, 2.05) is 0 Å². The molecule has 0 aromatic carbocycles. The summed E-state index contributed by atoms with van der Waals surface area (Å²) in [5, 5.41) is 8.63. The lowest BCUT2D eigenvalue weighted by Crippen LogP contribution is -2.40. The van der Waals surface area contributed by atoms with Crippen molar-refractivity contribution in [1.29, 1.82) is 0 Å². The van der Waals surface area contributed by atoms with E-state index in [2.05, 4.69) is 4.72 Å². The summed E-state index contributed by atoms with van der Waals surface area (Å²) in [4.78, 5) is 10.8. The van der Waals surface area contributed by atoms with Gasteiger partial charge >= 0.3 is 5.97 Å². The van der Waals surface area contributed by atoms with Gasteiger partial charge in [-0.15, -0.1) is 0 Å². The highest BCUT2D eigenvalue weighted by atomic mass is 32.2. The first-order chi connectivity index (χ1) is 8.49. The normalized spacial score (nSPS) is 30.4. The summed E-state index contributed by atoms with van der Waals surface area (Å²) in [5.74, 6) is -1.20. The second-order valence-corrected chi connectivity index (χ2v) is 7.46. The van der Waals surface area contributed by atoms with Crippen LogP contribution in [0.25, 0.3) is 0 Å². The number of sulfonamides is 1. The molecule has 0 spiro atoms. The lowest BCUT2D eigenvalue weighted by molar-refractivity contribution is -0.141. The van der Waals surface area contributed by atoms with Crippen molar-refractivity contribution in [1.82, 2.24) is 4.72 Å². The highest BCUT2D eigenvalue weighted by Crippen LogP contribution is 2.28. The van der Waals surface area contributed by atoms with Crippen LogP contribution >= 0.6 is 0 Å². The Labute approximate surface area is 108 Å². The molecule has 2 fully saturated rings. The Morgan fingerprint density at radius 1 is 1.06 bits per heavy atom. The minimum absolute atomic E-state index is 0.182. The summed E-state index contributed by atoms with van der Waals surface area (Å²) < 4.78 is 27.0. The largest absolute Gasteiger partial charge is 0.481 e. The van der Waals surface area contributed by atoms with Gasteiger partial charge in [0.25, 0.3) is 0 Å². The van der Waals surface area contributed by atoms with Gasteiger partial charge in [-0.2, -0.15) is 0 Å². The SMILES string of the molecule is O=C(O)[C@@H]1CC[C@H](NS(=O)(=O)C2CCCCC2)C1. The second-order valence-electron chi connectivity index (χ2n) is 5.47. The van der Waals surface area contributed by atoms with E-state index in [9.17, 15) is 13.2 Å². The van der Waals surface area contributed by atoms with E-state index in [4.69, 9.17) is 5.11 Å². The Hall–Kier alpha value is -0.620. The second kappa shape index (κ2) is 5.57. The summed E-state index contributed by atoms with van der Waals surface area (Å²) in [6.45, 7) is 0. The third-order valence-electron chi connectivity index (χ3n) is 4.10. The number of carboxylic acid groups (broad SMARTS) is 1. The van der Waals surface area contributed by atoms with Gasteiger partial charge in [0.15, 0.2) is 0 Å². The average Bonchev–Trinajstić information content (AvgIpc) is 2.78. The maximum absolute atomic E-state index is 12.2. The van der Waals surface area contributed by atoms with Gasteiger partial charge in [-0.05, 0) is 32.1 Å². The first-order valence-corrected chi connectivity index (χ1v) is 8.27. The van der Waals surface area contributed by atoms with Crippen molar-refractivity contribution < 1.29 is 18.3 Å². The van der Waals surface area contributed by atoms with Crippen molar-refractivity contribution >= 4 is 16.0 Å². The van der Waals surface area contributed by atoms with Gasteiger partial charge in [0.2, 0.25) is 10.0 Å². The van der Waals surface area contributed by atoms with Crippen LogP contribution in [-0.2, 0) is 14.8 Å². The number of rotatable bonds is 4. The van der Waals surface area contributed by atoms with Crippen molar-refractivity contribution in [3.05, 3.63) is 0 Å². The zero-order valence-electron chi connectivity index (χ0n) is 10.5. The van der Waals surface area contributed by atoms with Gasteiger partial charge in [0.1, 0.15) is 0 Å². The maximum atomic E-state index is 12.2. The molecule has 2 N–H and O–H groups in total. The topological polar surface area (TPSA) is 83.5 Å². The average molecular weight is 275 g/mol. The van der Waals surface area contributed by atoms with Gasteiger partial charge in [0.05, 0.1) is 11.2 Å². The van der Waals surface area contributed by atoms with Crippen LogP contribution in [0.2, 0.25) is 0 Å². The van der Waals surface area contributed by atoms with Gasteiger partial charge in [0, 0.05) is 6.04 Å². The van der Waals surface area contributed by atoms with Crippen molar-refractivity contribution in [2.24, 2.45) is 5.92 Å². The van der Waals surface area contributed by atoms with Crippen LogP contribution in [-0.4, -0.2) is 30.8 Å². The Bertz CT molecular complexity index is 400. The van der Waals surface area contributed by atoms with Crippen LogP contribution in [0, 0.1) is 5.92 Å². The predicted molar refractivity (Wildman–Crippen MR) is 67.7 cm³/mol. The van der Waals surface area contributed by atoms with Gasteiger partial charge in [-0.1, -0.05) is 19.3 Å². The molecule has 0 saturated heterocycles. The smallest absolute Gasteiger partial charge is 0.306 e. The summed E-state index contributed by atoms with van der Waals surface area (Å²) >= 11 is 0. The van der Waals surface area contributed by atoms with E-state index >= 15 is 0 Å². The van der Waals surface area contributed by atoms with E-state index in [1.54, 1.807) is 0 Å². The molecule has 0 amide bonds. The minimum atomic E-state index is -3.26. The van der Waals surface area contributed by atoms with Crippen LogP contribution in [0.5, 0.6) is 0 Å². The first kappa shape index (κ1) is 13.8. The zero-order chi connectivity index (χ0) is 13.2. The van der Waals surface area contributed by atoms with E-state index in [0.29, 0.717) is 19.3 Å². The molecular formula is C12H21NO4S. The van der Waals surface area contributed by atoms with Crippen LogP contribution in [0.3, 0.4) is 0 Å². The highest BCUT2D eigenvalue weighted by molar-refractivity contribution is 7.90. The van der Waals surface area contributed by atoms with E-state index in [-0.39, 0.29) is 17.2 Å². The molecule has 2 rings (SSSR count). The van der Waals surface area contributed by atoms with Crippen molar-refractivity contribution in [2.45, 2.75) is 62.7 Å². The molecule has 2 atom stereocenters. The van der Waals surface area contributed by atoms with Gasteiger partial charge in [-0.3, -0.25) is 4.79 Å². The first-order valence-electron chi connectivity index (χ1n) is 6.73. The third kappa shape index (κ3) is 3.23. The van der Waals surface area contributed by atoms with Crippen molar-refractivity contribution in [3.8, 4) is 0 Å². The van der Waals surface area contributed by atoms with E-state index in [0.717, 1.165) is 32.1 Å². The fourth-order valence-corrected chi connectivity index (χ4v) is 4.84. The quantitative estimate of drug-likeness (QED) is 0.814. The van der Waals surface area contributed by atoms with Crippen molar-refractivity contribution in [3.63, 3.8) is 0 Å². The standard InChI is InChI=1S/C12H21NO4S/c14-12(15)9-6-7-10(8-9)13-18(16,17)11-4-2-1-3-5-11/h9-11,13H,1-8H2,(H,14,15)/t9-,10+/m1/s1. The number of carboxylic acids is 1. The number of hydrogen-bond donors (Lipinski definition) is 2. The monoisotopic (exact) mass is 275 g/mol. The molecule has 0 heterocycles. The molecule has 2 aliphatic rings. The fraction of sp³-hybridized carbons (Fsp3) is 0.917. The molecule has 18 heavy (non-hydrogen) atoms. The molecule has 0 aromatic heterocycles. The lowest BCUT2D eigenvalue weighted by Gasteiger charge is -2.24. The Kier molecular flexibility index (Phi) is 4.27. The van der Waals surface area contributed by atoms with Crippen LogP contribution in [0.15, 0.2) is 0 Å². The molecule has 2 saturated carbocycles. The maximum Gasteiger partial charge on any atom is 0.306 e. The molecule has 2 aliphatic carbocycles. The van der Waals surface area contributed by atoms with E-state index < -0.39 is 16.0 Å². The third-order valence-corrected chi connectivity index (χ3v) is 6.11. The van der Waals surface area contributed by atoms with Gasteiger partial charge < -0.3 is 5.11 Å². The molecule has 0 unspecified atom stereocenters. The van der Waals surface area contributed by atoms with Crippen LogP contribution in [0.1, 0.15) is 51.4 Å². The molecular weight excluding hydrogens is 254 g/mol. The molecule has 104 valence electrons. The molecule has 0 bridgehead atoms. The summed E-state index contributed by atoms with van der Waals surface area (Å²) in [6, 6.07) is -0.182. The van der Waals surface area contributed by atoms with Gasteiger partial charge in [-0.25, -0.2) is 13.1 Å². The summed E-state index contributed by atoms with van der Waals surface area (Å²) in [6.07, 6.45) is 6.21. The Morgan fingerprint density at radius 3 is 2.28 bits per heavy atom. The summed E-state index contributed by atoms with van der Waals surface area (Å²) in [5.41, 5.74) is 0.